The summed E-state index contributed by atoms with van der Waals surface area (Å²) in [6, 6.07) is 0. The van der Waals surface area contributed by atoms with Crippen molar-refractivity contribution in [3.63, 3.8) is 0 Å². The van der Waals surface area contributed by atoms with E-state index in [1.54, 1.807) is 0 Å². The van der Waals surface area contributed by atoms with Crippen LogP contribution in [0.4, 0.5) is 0 Å². The Bertz CT molecular complexity index is 235. The molecule has 19 heavy (non-hydrogen) atoms. The maximum atomic E-state index is 11.6. The number of hydrogen-bond acceptors (Lipinski definition) is 2. The molecule has 112 valence electrons. The molecule has 0 aromatic heterocycles. The molecule has 0 unspecified atom stereocenters. The lowest BCUT2D eigenvalue weighted by Crippen LogP contribution is -2.31. The summed E-state index contributed by atoms with van der Waals surface area (Å²) in [4.78, 5) is 11.6. The monoisotopic (exact) mass is 268 g/mol. The highest BCUT2D eigenvalue weighted by molar-refractivity contribution is 5.75. The number of rotatable bonds is 9. The van der Waals surface area contributed by atoms with Crippen LogP contribution < -0.4 is 10.6 Å². The fraction of sp³-hybridized carbons (Fsp3) is 0.938. The molecule has 3 heteroatoms. The summed E-state index contributed by atoms with van der Waals surface area (Å²) in [5.41, 5.74) is 0. The largest absolute Gasteiger partial charge is 0.356 e. The minimum atomic E-state index is 0.225. The van der Waals surface area contributed by atoms with Crippen LogP contribution in [0.1, 0.15) is 64.7 Å². The van der Waals surface area contributed by atoms with E-state index < -0.39 is 0 Å². The van der Waals surface area contributed by atoms with Gasteiger partial charge in [0.1, 0.15) is 0 Å². The molecule has 0 saturated heterocycles. The van der Waals surface area contributed by atoms with E-state index in [2.05, 4.69) is 17.6 Å². The van der Waals surface area contributed by atoms with Crippen molar-refractivity contribution in [1.82, 2.24) is 10.6 Å². The fourth-order valence-electron chi connectivity index (χ4n) is 2.99. The summed E-state index contributed by atoms with van der Waals surface area (Å²) in [7, 11) is 1.93. The van der Waals surface area contributed by atoms with E-state index in [1.165, 1.54) is 44.9 Å². The van der Waals surface area contributed by atoms with Crippen molar-refractivity contribution in [3.8, 4) is 0 Å². The molecule has 3 nitrogen and oxygen atoms in total. The van der Waals surface area contributed by atoms with Crippen LogP contribution in [0.15, 0.2) is 0 Å². The molecule has 0 aromatic rings. The van der Waals surface area contributed by atoms with E-state index in [9.17, 15) is 4.79 Å². The van der Waals surface area contributed by atoms with Crippen LogP contribution in [0.3, 0.4) is 0 Å². The molecule has 0 bridgehead atoms. The van der Waals surface area contributed by atoms with Crippen molar-refractivity contribution in [2.24, 2.45) is 11.8 Å². The van der Waals surface area contributed by atoms with Gasteiger partial charge in [-0.3, -0.25) is 4.79 Å². The number of carbonyl (C=O) groups excluding carboxylic acids is 1. The Morgan fingerprint density at radius 1 is 1.11 bits per heavy atom. The Labute approximate surface area is 118 Å². The average molecular weight is 268 g/mol. The maximum absolute atomic E-state index is 11.6. The molecule has 0 radical (unpaired) electrons. The van der Waals surface area contributed by atoms with E-state index in [0.29, 0.717) is 6.42 Å². The van der Waals surface area contributed by atoms with E-state index >= 15 is 0 Å². The van der Waals surface area contributed by atoms with Gasteiger partial charge >= 0.3 is 0 Å². The highest BCUT2D eigenvalue weighted by Crippen LogP contribution is 2.31. The molecule has 1 amide bonds. The smallest absolute Gasteiger partial charge is 0.220 e. The van der Waals surface area contributed by atoms with E-state index in [0.717, 1.165) is 31.3 Å². The molecule has 1 saturated carbocycles. The van der Waals surface area contributed by atoms with Crippen LogP contribution >= 0.6 is 0 Å². The average Bonchev–Trinajstić information content (AvgIpc) is 2.44. The predicted octanol–water partition coefficient (Wildman–Crippen LogP) is 3.10. The quantitative estimate of drug-likeness (QED) is 0.631. The summed E-state index contributed by atoms with van der Waals surface area (Å²) in [5, 5.41) is 6.17. The van der Waals surface area contributed by atoms with Crippen LogP contribution in [0, 0.1) is 11.8 Å². The predicted molar refractivity (Wildman–Crippen MR) is 81.1 cm³/mol. The van der Waals surface area contributed by atoms with Crippen LogP contribution in [0.25, 0.3) is 0 Å². The van der Waals surface area contributed by atoms with Crippen molar-refractivity contribution in [2.75, 3.05) is 20.1 Å². The Morgan fingerprint density at radius 3 is 2.42 bits per heavy atom. The fourth-order valence-corrected chi connectivity index (χ4v) is 2.99. The third kappa shape index (κ3) is 7.56. The van der Waals surface area contributed by atoms with Crippen molar-refractivity contribution in [1.29, 1.82) is 0 Å². The highest BCUT2D eigenvalue weighted by Gasteiger charge is 2.20. The first-order valence-electron chi connectivity index (χ1n) is 8.17. The molecule has 1 aliphatic rings. The van der Waals surface area contributed by atoms with Crippen molar-refractivity contribution in [2.45, 2.75) is 64.7 Å². The lowest BCUT2D eigenvalue weighted by molar-refractivity contribution is -0.121. The Balaban J connectivity index is 2.04. The summed E-state index contributed by atoms with van der Waals surface area (Å²) in [6.45, 7) is 4.10. The first-order chi connectivity index (χ1) is 9.26. The number of carbonyl (C=O) groups is 1. The Morgan fingerprint density at radius 2 is 1.79 bits per heavy atom. The molecule has 1 rings (SSSR count). The molecule has 0 spiro atoms. The number of unbranched alkanes of at least 4 members (excludes halogenated alkanes) is 1. The lowest BCUT2D eigenvalue weighted by Gasteiger charge is -2.28. The SMILES string of the molecule is CCCCC1CCC(CNC(=O)CCCNC)CC1. The molecule has 0 heterocycles. The molecular formula is C16H32N2O. The molecule has 1 aliphatic carbocycles. The first-order valence-corrected chi connectivity index (χ1v) is 8.17. The van der Waals surface area contributed by atoms with Gasteiger partial charge in [-0.1, -0.05) is 39.0 Å². The Hall–Kier alpha value is -0.570. The first kappa shape index (κ1) is 16.5. The molecule has 0 aliphatic heterocycles. The number of nitrogens with one attached hydrogen (secondary N) is 2. The number of amides is 1. The third-order valence-corrected chi connectivity index (χ3v) is 4.35. The zero-order valence-corrected chi connectivity index (χ0v) is 12.8. The normalized spacial score (nSPS) is 23.3. The molecule has 0 aromatic carbocycles. The van der Waals surface area contributed by atoms with Gasteiger partial charge in [0.05, 0.1) is 0 Å². The third-order valence-electron chi connectivity index (χ3n) is 4.35. The van der Waals surface area contributed by atoms with E-state index in [4.69, 9.17) is 0 Å². The van der Waals surface area contributed by atoms with E-state index in [1.807, 2.05) is 7.05 Å². The van der Waals surface area contributed by atoms with Gasteiger partial charge in [-0.05, 0) is 44.7 Å². The molecule has 0 atom stereocenters. The van der Waals surface area contributed by atoms with Crippen molar-refractivity contribution in [3.05, 3.63) is 0 Å². The van der Waals surface area contributed by atoms with Crippen molar-refractivity contribution < 1.29 is 4.79 Å². The zero-order valence-electron chi connectivity index (χ0n) is 12.8. The zero-order chi connectivity index (χ0) is 13.9. The summed E-state index contributed by atoms with van der Waals surface area (Å²) >= 11 is 0. The molecular weight excluding hydrogens is 236 g/mol. The highest BCUT2D eigenvalue weighted by atomic mass is 16.1. The van der Waals surface area contributed by atoms with Gasteiger partial charge in [-0.15, -0.1) is 0 Å². The molecule has 1 fully saturated rings. The van der Waals surface area contributed by atoms with Gasteiger partial charge < -0.3 is 10.6 Å². The van der Waals surface area contributed by atoms with Crippen LogP contribution in [-0.2, 0) is 4.79 Å². The second-order valence-corrected chi connectivity index (χ2v) is 6.04. The Kier molecular flexibility index (Phi) is 8.89. The van der Waals surface area contributed by atoms with Crippen LogP contribution in [-0.4, -0.2) is 26.0 Å². The second-order valence-electron chi connectivity index (χ2n) is 6.04. The standard InChI is InChI=1S/C16H32N2O/c1-3-4-6-14-8-10-15(11-9-14)13-18-16(19)7-5-12-17-2/h14-15,17H,3-13H2,1-2H3,(H,18,19). The topological polar surface area (TPSA) is 41.1 Å². The van der Waals surface area contributed by atoms with E-state index in [-0.39, 0.29) is 5.91 Å². The van der Waals surface area contributed by atoms with Crippen LogP contribution in [0.2, 0.25) is 0 Å². The van der Waals surface area contributed by atoms with Crippen LogP contribution in [0.5, 0.6) is 0 Å². The summed E-state index contributed by atoms with van der Waals surface area (Å²) in [5.74, 6) is 1.91. The lowest BCUT2D eigenvalue weighted by atomic mass is 9.80. The van der Waals surface area contributed by atoms with Gasteiger partial charge in [0.25, 0.3) is 0 Å². The maximum Gasteiger partial charge on any atom is 0.220 e. The van der Waals surface area contributed by atoms with Gasteiger partial charge in [-0.25, -0.2) is 0 Å². The van der Waals surface area contributed by atoms with Gasteiger partial charge in [0, 0.05) is 13.0 Å². The minimum absolute atomic E-state index is 0.225. The summed E-state index contributed by atoms with van der Waals surface area (Å²) in [6.07, 6.45) is 11.1. The minimum Gasteiger partial charge on any atom is -0.356 e. The molecule has 2 N–H and O–H groups in total. The number of hydrogen-bond donors (Lipinski definition) is 2. The van der Waals surface area contributed by atoms with Gasteiger partial charge in [0.15, 0.2) is 0 Å². The second kappa shape index (κ2) is 10.2. The van der Waals surface area contributed by atoms with Gasteiger partial charge in [-0.2, -0.15) is 0 Å². The van der Waals surface area contributed by atoms with Gasteiger partial charge in [0.2, 0.25) is 5.91 Å². The summed E-state index contributed by atoms with van der Waals surface area (Å²) < 4.78 is 0. The van der Waals surface area contributed by atoms with Crippen molar-refractivity contribution >= 4 is 5.91 Å².